The first-order valence-electron chi connectivity index (χ1n) is 8.81. The number of nitrogens with one attached hydrogen (secondary N) is 1. The molecule has 0 spiro atoms. The van der Waals surface area contributed by atoms with Crippen LogP contribution in [0.2, 0.25) is 0 Å². The summed E-state index contributed by atoms with van der Waals surface area (Å²) in [6.07, 6.45) is 0.436. The van der Waals surface area contributed by atoms with Gasteiger partial charge >= 0.3 is 0 Å². The van der Waals surface area contributed by atoms with Crippen molar-refractivity contribution in [2.75, 3.05) is 50.1 Å². The third-order valence-electron chi connectivity index (χ3n) is 4.59. The molecule has 1 heterocycles. The Bertz CT molecular complexity index is 728. The Morgan fingerprint density at radius 2 is 1.77 bits per heavy atom. The van der Waals surface area contributed by atoms with E-state index in [2.05, 4.69) is 15.1 Å². The van der Waals surface area contributed by atoms with Crippen molar-refractivity contribution in [2.24, 2.45) is 0 Å². The Morgan fingerprint density at radius 1 is 1.08 bits per heavy atom. The molecule has 2 aromatic rings. The SMILES string of the molecule is COc1ccc(NC(=O)CCN2CCN(c3ccccc3F)CC2)cc1. The number of ether oxygens (including phenoxy) is 1. The number of halogens is 1. The third-order valence-corrected chi connectivity index (χ3v) is 4.59. The first kappa shape index (κ1) is 18.2. The molecule has 0 unspecified atom stereocenters. The minimum Gasteiger partial charge on any atom is -0.497 e. The average Bonchev–Trinajstić information content (AvgIpc) is 2.68. The summed E-state index contributed by atoms with van der Waals surface area (Å²) in [4.78, 5) is 16.4. The van der Waals surface area contributed by atoms with E-state index in [1.807, 2.05) is 36.4 Å². The first-order chi connectivity index (χ1) is 12.7. The molecule has 0 aromatic heterocycles. The number of hydrogen-bond acceptors (Lipinski definition) is 4. The van der Waals surface area contributed by atoms with Crippen LogP contribution in [0.5, 0.6) is 5.75 Å². The quantitative estimate of drug-likeness (QED) is 0.863. The van der Waals surface area contributed by atoms with E-state index in [-0.39, 0.29) is 11.7 Å². The standard InChI is InChI=1S/C20H24FN3O2/c1-26-17-8-6-16(7-9-17)22-20(25)10-11-23-12-14-24(15-13-23)19-5-3-2-4-18(19)21/h2-9H,10-15H2,1H3,(H,22,25). The van der Waals surface area contributed by atoms with Gasteiger partial charge < -0.3 is 15.0 Å². The molecule has 138 valence electrons. The smallest absolute Gasteiger partial charge is 0.225 e. The molecule has 0 bridgehead atoms. The van der Waals surface area contributed by atoms with Crippen LogP contribution in [-0.4, -0.2) is 50.6 Å². The second-order valence-corrected chi connectivity index (χ2v) is 6.31. The van der Waals surface area contributed by atoms with Gasteiger partial charge in [0.25, 0.3) is 0 Å². The van der Waals surface area contributed by atoms with E-state index in [0.29, 0.717) is 18.7 Å². The topological polar surface area (TPSA) is 44.8 Å². The highest BCUT2D eigenvalue weighted by Crippen LogP contribution is 2.20. The van der Waals surface area contributed by atoms with Gasteiger partial charge in [-0.05, 0) is 36.4 Å². The lowest BCUT2D eigenvalue weighted by molar-refractivity contribution is -0.116. The summed E-state index contributed by atoms with van der Waals surface area (Å²) in [6.45, 7) is 3.88. The Morgan fingerprint density at radius 3 is 2.42 bits per heavy atom. The van der Waals surface area contributed by atoms with Gasteiger partial charge in [-0.25, -0.2) is 4.39 Å². The van der Waals surface area contributed by atoms with Crippen LogP contribution >= 0.6 is 0 Å². The number of para-hydroxylation sites is 1. The van der Waals surface area contributed by atoms with Crippen LogP contribution < -0.4 is 15.0 Å². The van der Waals surface area contributed by atoms with E-state index in [1.165, 1.54) is 6.07 Å². The lowest BCUT2D eigenvalue weighted by atomic mass is 10.2. The molecule has 0 atom stereocenters. The zero-order valence-electron chi connectivity index (χ0n) is 15.0. The Hall–Kier alpha value is -2.60. The van der Waals surface area contributed by atoms with E-state index in [1.54, 1.807) is 13.2 Å². The van der Waals surface area contributed by atoms with Crippen molar-refractivity contribution in [3.05, 3.63) is 54.3 Å². The molecule has 1 aliphatic heterocycles. The van der Waals surface area contributed by atoms with Crippen LogP contribution in [0, 0.1) is 5.82 Å². The molecule has 0 saturated carbocycles. The number of nitrogens with zero attached hydrogens (tertiary/aromatic N) is 2. The lowest BCUT2D eigenvalue weighted by Gasteiger charge is -2.36. The fraction of sp³-hybridized carbons (Fsp3) is 0.350. The second kappa shape index (κ2) is 8.67. The summed E-state index contributed by atoms with van der Waals surface area (Å²) in [5, 5.41) is 2.89. The molecule has 1 saturated heterocycles. The van der Waals surface area contributed by atoms with Crippen LogP contribution in [0.3, 0.4) is 0 Å². The van der Waals surface area contributed by atoms with Gasteiger partial charge in [-0.1, -0.05) is 12.1 Å². The highest BCUT2D eigenvalue weighted by Gasteiger charge is 2.19. The maximum atomic E-state index is 13.9. The highest BCUT2D eigenvalue weighted by molar-refractivity contribution is 5.90. The Labute approximate surface area is 153 Å². The summed E-state index contributed by atoms with van der Waals surface area (Å²) in [5.41, 5.74) is 1.42. The van der Waals surface area contributed by atoms with Crippen LogP contribution in [0.15, 0.2) is 48.5 Å². The number of piperazine rings is 1. The molecule has 1 amide bonds. The van der Waals surface area contributed by atoms with E-state index >= 15 is 0 Å². The summed E-state index contributed by atoms with van der Waals surface area (Å²) in [5.74, 6) is 0.572. The summed E-state index contributed by atoms with van der Waals surface area (Å²) >= 11 is 0. The number of hydrogen-bond donors (Lipinski definition) is 1. The number of benzene rings is 2. The van der Waals surface area contributed by atoms with Crippen molar-refractivity contribution in [1.29, 1.82) is 0 Å². The summed E-state index contributed by atoms with van der Waals surface area (Å²) in [6, 6.07) is 14.1. The number of amides is 1. The van der Waals surface area contributed by atoms with Crippen LogP contribution in [0.1, 0.15) is 6.42 Å². The third kappa shape index (κ3) is 4.73. The van der Waals surface area contributed by atoms with Crippen molar-refractivity contribution in [3.8, 4) is 5.75 Å². The molecule has 2 aromatic carbocycles. The van der Waals surface area contributed by atoms with E-state index in [0.717, 1.165) is 37.6 Å². The predicted molar refractivity (Wildman–Crippen MR) is 101 cm³/mol. The molecule has 26 heavy (non-hydrogen) atoms. The molecule has 1 N–H and O–H groups in total. The molecule has 1 fully saturated rings. The average molecular weight is 357 g/mol. The van der Waals surface area contributed by atoms with Crippen LogP contribution in [-0.2, 0) is 4.79 Å². The molecule has 6 heteroatoms. The summed E-state index contributed by atoms with van der Waals surface area (Å²) < 4.78 is 19.0. The van der Waals surface area contributed by atoms with Gasteiger partial charge in [0.1, 0.15) is 11.6 Å². The fourth-order valence-corrected chi connectivity index (χ4v) is 3.08. The minimum absolute atomic E-state index is 0.00768. The number of carbonyl (C=O) groups is 1. The largest absolute Gasteiger partial charge is 0.497 e. The normalized spacial score (nSPS) is 14.9. The molecule has 0 aliphatic carbocycles. The number of rotatable bonds is 6. The molecular formula is C20H24FN3O2. The lowest BCUT2D eigenvalue weighted by Crippen LogP contribution is -2.47. The number of carbonyl (C=O) groups excluding carboxylic acids is 1. The zero-order chi connectivity index (χ0) is 18.4. The predicted octanol–water partition coefficient (Wildman–Crippen LogP) is 2.99. The van der Waals surface area contributed by atoms with Crippen molar-refractivity contribution in [1.82, 2.24) is 4.90 Å². The van der Waals surface area contributed by atoms with Crippen molar-refractivity contribution >= 4 is 17.3 Å². The number of methoxy groups -OCH3 is 1. The van der Waals surface area contributed by atoms with Crippen molar-refractivity contribution in [3.63, 3.8) is 0 Å². The Kier molecular flexibility index (Phi) is 6.07. The molecule has 0 radical (unpaired) electrons. The second-order valence-electron chi connectivity index (χ2n) is 6.31. The minimum atomic E-state index is -0.181. The fourth-order valence-electron chi connectivity index (χ4n) is 3.08. The zero-order valence-corrected chi connectivity index (χ0v) is 15.0. The van der Waals surface area contributed by atoms with Crippen LogP contribution in [0.25, 0.3) is 0 Å². The van der Waals surface area contributed by atoms with Crippen LogP contribution in [0.4, 0.5) is 15.8 Å². The highest BCUT2D eigenvalue weighted by atomic mass is 19.1. The van der Waals surface area contributed by atoms with Gasteiger partial charge in [0.15, 0.2) is 0 Å². The van der Waals surface area contributed by atoms with E-state index in [9.17, 15) is 9.18 Å². The van der Waals surface area contributed by atoms with Gasteiger partial charge in [-0.3, -0.25) is 9.69 Å². The van der Waals surface area contributed by atoms with Gasteiger partial charge in [0.05, 0.1) is 12.8 Å². The number of anilines is 2. The maximum Gasteiger partial charge on any atom is 0.225 e. The van der Waals surface area contributed by atoms with Crippen molar-refractivity contribution < 1.29 is 13.9 Å². The molecule has 3 rings (SSSR count). The summed E-state index contributed by atoms with van der Waals surface area (Å²) in [7, 11) is 1.61. The Balaban J connectivity index is 1.42. The van der Waals surface area contributed by atoms with Gasteiger partial charge in [-0.2, -0.15) is 0 Å². The molecular weight excluding hydrogens is 333 g/mol. The van der Waals surface area contributed by atoms with Gasteiger partial charge in [-0.15, -0.1) is 0 Å². The maximum absolute atomic E-state index is 13.9. The first-order valence-corrected chi connectivity index (χ1v) is 8.81. The van der Waals surface area contributed by atoms with Gasteiger partial charge in [0, 0.05) is 44.8 Å². The monoisotopic (exact) mass is 357 g/mol. The van der Waals surface area contributed by atoms with E-state index in [4.69, 9.17) is 4.74 Å². The molecule has 1 aliphatic rings. The van der Waals surface area contributed by atoms with Crippen molar-refractivity contribution in [2.45, 2.75) is 6.42 Å². The van der Waals surface area contributed by atoms with Gasteiger partial charge in [0.2, 0.25) is 5.91 Å². The van der Waals surface area contributed by atoms with E-state index < -0.39 is 0 Å². The molecule has 5 nitrogen and oxygen atoms in total.